The van der Waals surface area contributed by atoms with Gasteiger partial charge >= 0.3 is 0 Å². The second kappa shape index (κ2) is 5.72. The molecule has 0 spiro atoms. The van der Waals surface area contributed by atoms with Gasteiger partial charge in [0.15, 0.2) is 0 Å². The maximum absolute atomic E-state index is 9.36. The van der Waals surface area contributed by atoms with Crippen molar-refractivity contribution in [3.05, 3.63) is 28.8 Å². The Kier molecular flexibility index (Phi) is 4.25. The standard InChI is InChI=1S/C15H23NO2/c1-11-12(2)15(18-3)7-6-13(11)9-16-8-4-5-14(16)10-17/h6-7,14,17H,4-5,8-10H2,1-3H3/t14-/m1/s1. The van der Waals surface area contributed by atoms with E-state index in [2.05, 4.69) is 24.8 Å². The molecule has 0 amide bonds. The summed E-state index contributed by atoms with van der Waals surface area (Å²) in [6.45, 7) is 6.55. The molecule has 0 aromatic heterocycles. The van der Waals surface area contributed by atoms with Gasteiger partial charge in [-0.2, -0.15) is 0 Å². The van der Waals surface area contributed by atoms with Gasteiger partial charge in [0.2, 0.25) is 0 Å². The van der Waals surface area contributed by atoms with E-state index in [-0.39, 0.29) is 6.61 Å². The van der Waals surface area contributed by atoms with Crippen LogP contribution in [0.2, 0.25) is 0 Å². The Hall–Kier alpha value is -1.06. The van der Waals surface area contributed by atoms with Crippen molar-refractivity contribution in [2.24, 2.45) is 0 Å². The van der Waals surface area contributed by atoms with Crippen LogP contribution in [0.5, 0.6) is 5.75 Å². The van der Waals surface area contributed by atoms with Crippen molar-refractivity contribution in [3.8, 4) is 5.75 Å². The van der Waals surface area contributed by atoms with Crippen LogP contribution in [0.3, 0.4) is 0 Å². The lowest BCUT2D eigenvalue weighted by atomic mass is 10.0. The van der Waals surface area contributed by atoms with E-state index in [1.165, 1.54) is 23.1 Å². The van der Waals surface area contributed by atoms with Gasteiger partial charge in [-0.1, -0.05) is 6.07 Å². The van der Waals surface area contributed by atoms with E-state index in [4.69, 9.17) is 4.74 Å². The molecule has 1 aliphatic heterocycles. The number of aliphatic hydroxyl groups is 1. The van der Waals surface area contributed by atoms with E-state index in [0.717, 1.165) is 25.3 Å². The molecule has 0 saturated carbocycles. The van der Waals surface area contributed by atoms with Gasteiger partial charge in [0.1, 0.15) is 5.75 Å². The van der Waals surface area contributed by atoms with Gasteiger partial charge < -0.3 is 9.84 Å². The molecule has 1 fully saturated rings. The zero-order chi connectivity index (χ0) is 13.1. The minimum Gasteiger partial charge on any atom is -0.496 e. The van der Waals surface area contributed by atoms with E-state index in [1.54, 1.807) is 7.11 Å². The number of hydrogen-bond donors (Lipinski definition) is 1. The van der Waals surface area contributed by atoms with E-state index in [1.807, 2.05) is 6.07 Å². The molecule has 100 valence electrons. The molecule has 3 nitrogen and oxygen atoms in total. The number of aliphatic hydroxyl groups excluding tert-OH is 1. The van der Waals surface area contributed by atoms with Crippen LogP contribution in [0.15, 0.2) is 12.1 Å². The normalized spacial score (nSPS) is 20.3. The second-order valence-corrected chi connectivity index (χ2v) is 5.13. The summed E-state index contributed by atoms with van der Waals surface area (Å²) in [5.41, 5.74) is 3.86. The Balaban J connectivity index is 2.17. The summed E-state index contributed by atoms with van der Waals surface area (Å²) >= 11 is 0. The average Bonchev–Trinajstić information content (AvgIpc) is 2.82. The predicted octanol–water partition coefficient (Wildman–Crippen LogP) is 2.27. The van der Waals surface area contributed by atoms with Crippen LogP contribution in [0.1, 0.15) is 29.5 Å². The number of ether oxygens (including phenoxy) is 1. The van der Waals surface area contributed by atoms with Crippen molar-refractivity contribution < 1.29 is 9.84 Å². The summed E-state index contributed by atoms with van der Waals surface area (Å²) in [6, 6.07) is 4.53. The van der Waals surface area contributed by atoms with Crippen LogP contribution in [0.4, 0.5) is 0 Å². The maximum atomic E-state index is 9.36. The molecule has 1 saturated heterocycles. The number of nitrogens with zero attached hydrogens (tertiary/aromatic N) is 1. The average molecular weight is 249 g/mol. The summed E-state index contributed by atoms with van der Waals surface area (Å²) in [5.74, 6) is 0.955. The summed E-state index contributed by atoms with van der Waals surface area (Å²) in [5, 5.41) is 9.36. The molecule has 2 rings (SSSR count). The molecule has 0 radical (unpaired) electrons. The van der Waals surface area contributed by atoms with Crippen molar-refractivity contribution in [3.63, 3.8) is 0 Å². The predicted molar refractivity (Wildman–Crippen MR) is 73.0 cm³/mol. The molecule has 1 heterocycles. The fourth-order valence-corrected chi connectivity index (χ4v) is 2.77. The van der Waals surface area contributed by atoms with E-state index in [0.29, 0.717) is 6.04 Å². The lowest BCUT2D eigenvalue weighted by Gasteiger charge is -2.24. The third-order valence-corrected chi connectivity index (χ3v) is 4.15. The molecule has 0 bridgehead atoms. The van der Waals surface area contributed by atoms with Crippen LogP contribution in [0.25, 0.3) is 0 Å². The Bertz CT molecular complexity index is 417. The summed E-state index contributed by atoms with van der Waals surface area (Å²) in [4.78, 5) is 2.38. The van der Waals surface area contributed by atoms with Gasteiger partial charge in [-0.3, -0.25) is 4.90 Å². The third kappa shape index (κ3) is 2.52. The molecule has 1 aromatic rings. The van der Waals surface area contributed by atoms with E-state index in [9.17, 15) is 5.11 Å². The van der Waals surface area contributed by atoms with Crippen molar-refractivity contribution >= 4 is 0 Å². The number of benzene rings is 1. The van der Waals surface area contributed by atoms with Crippen molar-refractivity contribution in [1.29, 1.82) is 0 Å². The first kappa shape index (κ1) is 13.4. The largest absolute Gasteiger partial charge is 0.496 e. The topological polar surface area (TPSA) is 32.7 Å². The summed E-state index contributed by atoms with van der Waals surface area (Å²) in [7, 11) is 1.71. The Morgan fingerprint density at radius 3 is 2.78 bits per heavy atom. The minimum absolute atomic E-state index is 0.272. The first-order valence-corrected chi connectivity index (χ1v) is 6.65. The van der Waals surface area contributed by atoms with Gasteiger partial charge in [-0.05, 0) is 56.0 Å². The van der Waals surface area contributed by atoms with Gasteiger partial charge in [-0.25, -0.2) is 0 Å². The van der Waals surface area contributed by atoms with Crippen LogP contribution >= 0.6 is 0 Å². The number of hydrogen-bond acceptors (Lipinski definition) is 3. The van der Waals surface area contributed by atoms with E-state index >= 15 is 0 Å². The highest BCUT2D eigenvalue weighted by atomic mass is 16.5. The zero-order valence-electron chi connectivity index (χ0n) is 11.6. The van der Waals surface area contributed by atoms with Gasteiger partial charge in [0.25, 0.3) is 0 Å². The number of rotatable bonds is 4. The molecule has 3 heteroatoms. The molecular weight excluding hydrogens is 226 g/mol. The maximum Gasteiger partial charge on any atom is 0.122 e. The minimum atomic E-state index is 0.272. The van der Waals surface area contributed by atoms with Crippen molar-refractivity contribution in [2.45, 2.75) is 39.3 Å². The van der Waals surface area contributed by atoms with Gasteiger partial charge in [0.05, 0.1) is 13.7 Å². The van der Waals surface area contributed by atoms with Crippen molar-refractivity contribution in [1.82, 2.24) is 4.90 Å². The zero-order valence-corrected chi connectivity index (χ0v) is 11.6. The molecular formula is C15H23NO2. The highest BCUT2D eigenvalue weighted by Crippen LogP contribution is 2.27. The smallest absolute Gasteiger partial charge is 0.122 e. The quantitative estimate of drug-likeness (QED) is 0.888. The second-order valence-electron chi connectivity index (χ2n) is 5.13. The number of likely N-dealkylation sites (tertiary alicyclic amines) is 1. The highest BCUT2D eigenvalue weighted by molar-refractivity contribution is 5.43. The SMILES string of the molecule is COc1ccc(CN2CCC[C@@H]2CO)c(C)c1C. The van der Waals surface area contributed by atoms with Crippen LogP contribution in [-0.4, -0.2) is 36.3 Å². The van der Waals surface area contributed by atoms with E-state index < -0.39 is 0 Å². The van der Waals surface area contributed by atoms with Crippen LogP contribution in [0, 0.1) is 13.8 Å². The highest BCUT2D eigenvalue weighted by Gasteiger charge is 2.24. The summed E-state index contributed by atoms with van der Waals surface area (Å²) < 4.78 is 5.34. The first-order valence-electron chi connectivity index (χ1n) is 6.65. The Labute approximate surface area is 109 Å². The Morgan fingerprint density at radius 1 is 1.33 bits per heavy atom. The molecule has 18 heavy (non-hydrogen) atoms. The molecule has 1 N–H and O–H groups in total. The monoisotopic (exact) mass is 249 g/mol. The van der Waals surface area contributed by atoms with Gasteiger partial charge in [0, 0.05) is 12.6 Å². The lowest BCUT2D eigenvalue weighted by molar-refractivity contribution is 0.153. The molecule has 1 atom stereocenters. The molecule has 1 aromatic carbocycles. The van der Waals surface area contributed by atoms with Crippen molar-refractivity contribution in [2.75, 3.05) is 20.3 Å². The fraction of sp³-hybridized carbons (Fsp3) is 0.600. The molecule has 1 aliphatic rings. The van der Waals surface area contributed by atoms with Crippen LogP contribution < -0.4 is 4.74 Å². The lowest BCUT2D eigenvalue weighted by Crippen LogP contribution is -2.31. The summed E-state index contributed by atoms with van der Waals surface area (Å²) in [6.07, 6.45) is 2.31. The third-order valence-electron chi connectivity index (χ3n) is 4.15. The number of methoxy groups -OCH3 is 1. The first-order chi connectivity index (χ1) is 8.67. The molecule has 0 aliphatic carbocycles. The Morgan fingerprint density at radius 2 is 2.11 bits per heavy atom. The van der Waals surface area contributed by atoms with Gasteiger partial charge in [-0.15, -0.1) is 0 Å². The fourth-order valence-electron chi connectivity index (χ4n) is 2.77. The van der Waals surface area contributed by atoms with Crippen LogP contribution in [-0.2, 0) is 6.54 Å². The molecule has 0 unspecified atom stereocenters.